The molecule has 0 radical (unpaired) electrons. The lowest BCUT2D eigenvalue weighted by Crippen LogP contribution is -2.02. The third-order valence-electron chi connectivity index (χ3n) is 2.52. The van der Waals surface area contributed by atoms with Gasteiger partial charge in [0.25, 0.3) is 0 Å². The number of aliphatic hydroxyl groups is 1. The van der Waals surface area contributed by atoms with Crippen molar-refractivity contribution in [3.8, 4) is 0 Å². The molecule has 1 heterocycles. The predicted molar refractivity (Wildman–Crippen MR) is 63.4 cm³/mol. The Morgan fingerprint density at radius 1 is 1.47 bits per heavy atom. The van der Waals surface area contributed by atoms with Crippen molar-refractivity contribution < 1.29 is 14.6 Å². The number of hydrogen-bond acceptors (Lipinski definition) is 5. The minimum absolute atomic E-state index is 0.183. The highest BCUT2D eigenvalue weighted by Crippen LogP contribution is 2.20. The van der Waals surface area contributed by atoms with Gasteiger partial charge >= 0.3 is 5.97 Å². The lowest BCUT2D eigenvalue weighted by molar-refractivity contribution is 0.0601. The van der Waals surface area contributed by atoms with E-state index < -0.39 is 5.97 Å². The van der Waals surface area contributed by atoms with Crippen molar-refractivity contribution in [3.05, 3.63) is 35.4 Å². The number of methoxy groups -OCH3 is 1. The van der Waals surface area contributed by atoms with E-state index in [0.717, 1.165) is 5.39 Å². The van der Waals surface area contributed by atoms with Crippen LogP contribution in [0.2, 0.25) is 0 Å². The molecule has 0 aliphatic carbocycles. The second-order valence-electron chi connectivity index (χ2n) is 3.59. The van der Waals surface area contributed by atoms with Crippen LogP contribution in [0.25, 0.3) is 10.9 Å². The quantitative estimate of drug-likeness (QED) is 0.757. The van der Waals surface area contributed by atoms with Crippen molar-refractivity contribution in [2.24, 2.45) is 0 Å². The molecule has 2 rings (SSSR count). The number of carbonyl (C=O) groups is 1. The molecular formula is C12H12N2O3. The summed E-state index contributed by atoms with van der Waals surface area (Å²) in [5, 5.41) is 9.83. The third kappa shape index (κ3) is 2.05. The minimum atomic E-state index is -0.408. The summed E-state index contributed by atoms with van der Waals surface area (Å²) in [5.74, 6) is -0.111. The van der Waals surface area contributed by atoms with Gasteiger partial charge in [0.05, 0.1) is 24.8 Å². The van der Waals surface area contributed by atoms with Gasteiger partial charge in [0.15, 0.2) is 0 Å². The van der Waals surface area contributed by atoms with Crippen molar-refractivity contribution in [2.45, 2.75) is 6.61 Å². The molecule has 1 aromatic carbocycles. The number of aromatic nitrogens is 1. The van der Waals surface area contributed by atoms with Crippen LogP contribution in [-0.4, -0.2) is 23.2 Å². The molecule has 0 saturated carbocycles. The van der Waals surface area contributed by atoms with Gasteiger partial charge in [-0.25, -0.2) is 9.78 Å². The normalized spacial score (nSPS) is 10.5. The maximum absolute atomic E-state index is 11.4. The standard InChI is InChI=1S/C12H12N2O3/c1-17-12(16)7-2-3-10-8(4-7)5-9(6-15)11(13)14-10/h2-5,15H,6H2,1H3,(H2,13,14). The van der Waals surface area contributed by atoms with Crippen LogP contribution in [0.3, 0.4) is 0 Å². The molecule has 0 atom stereocenters. The van der Waals surface area contributed by atoms with E-state index in [1.165, 1.54) is 7.11 Å². The number of ether oxygens (including phenoxy) is 1. The Kier molecular flexibility index (Phi) is 2.93. The van der Waals surface area contributed by atoms with Crippen LogP contribution >= 0.6 is 0 Å². The molecule has 0 saturated heterocycles. The summed E-state index contributed by atoms with van der Waals surface area (Å²) in [6.45, 7) is -0.183. The van der Waals surface area contributed by atoms with Crippen molar-refractivity contribution in [2.75, 3.05) is 12.8 Å². The number of nitrogen functional groups attached to an aromatic ring is 1. The van der Waals surface area contributed by atoms with Crippen molar-refractivity contribution in [1.82, 2.24) is 4.98 Å². The number of hydrogen-bond donors (Lipinski definition) is 2. The van der Waals surface area contributed by atoms with Gasteiger partial charge in [0.2, 0.25) is 0 Å². The van der Waals surface area contributed by atoms with Crippen LogP contribution in [-0.2, 0) is 11.3 Å². The van der Waals surface area contributed by atoms with Gasteiger partial charge in [0, 0.05) is 10.9 Å². The summed E-state index contributed by atoms with van der Waals surface area (Å²) in [4.78, 5) is 15.5. The molecule has 88 valence electrons. The van der Waals surface area contributed by atoms with E-state index in [9.17, 15) is 4.79 Å². The smallest absolute Gasteiger partial charge is 0.337 e. The van der Waals surface area contributed by atoms with Gasteiger partial charge in [-0.3, -0.25) is 0 Å². The van der Waals surface area contributed by atoms with E-state index in [0.29, 0.717) is 22.5 Å². The summed E-state index contributed by atoms with van der Waals surface area (Å²) in [6.07, 6.45) is 0. The van der Waals surface area contributed by atoms with E-state index in [1.54, 1.807) is 24.3 Å². The Hall–Kier alpha value is -2.14. The van der Waals surface area contributed by atoms with Crippen LogP contribution in [0.4, 0.5) is 5.82 Å². The Morgan fingerprint density at radius 2 is 2.24 bits per heavy atom. The van der Waals surface area contributed by atoms with Gasteiger partial charge < -0.3 is 15.6 Å². The van der Waals surface area contributed by atoms with Crippen molar-refractivity contribution >= 4 is 22.7 Å². The van der Waals surface area contributed by atoms with E-state index in [-0.39, 0.29) is 6.61 Å². The summed E-state index contributed by atoms with van der Waals surface area (Å²) in [6, 6.07) is 6.69. The predicted octanol–water partition coefficient (Wildman–Crippen LogP) is 1.10. The fraction of sp³-hybridized carbons (Fsp3) is 0.167. The molecule has 1 aromatic heterocycles. The van der Waals surface area contributed by atoms with E-state index in [4.69, 9.17) is 10.8 Å². The maximum Gasteiger partial charge on any atom is 0.337 e. The topological polar surface area (TPSA) is 85.4 Å². The molecule has 0 unspecified atom stereocenters. The van der Waals surface area contributed by atoms with Crippen LogP contribution in [0.5, 0.6) is 0 Å². The molecule has 0 spiro atoms. The average molecular weight is 232 g/mol. The number of carbonyl (C=O) groups excluding carboxylic acids is 1. The highest BCUT2D eigenvalue weighted by atomic mass is 16.5. The lowest BCUT2D eigenvalue weighted by Gasteiger charge is -2.06. The number of anilines is 1. The number of nitrogens with zero attached hydrogens (tertiary/aromatic N) is 1. The zero-order chi connectivity index (χ0) is 12.4. The van der Waals surface area contributed by atoms with Crippen LogP contribution in [0, 0.1) is 0 Å². The Bertz CT molecular complexity index is 581. The monoisotopic (exact) mass is 232 g/mol. The fourth-order valence-corrected chi connectivity index (χ4v) is 1.61. The van der Waals surface area contributed by atoms with Gasteiger partial charge in [0.1, 0.15) is 5.82 Å². The van der Waals surface area contributed by atoms with Crippen molar-refractivity contribution in [1.29, 1.82) is 0 Å². The van der Waals surface area contributed by atoms with E-state index in [1.807, 2.05) is 0 Å². The number of aliphatic hydroxyl groups excluding tert-OH is 1. The van der Waals surface area contributed by atoms with Gasteiger partial charge in [-0.1, -0.05) is 0 Å². The van der Waals surface area contributed by atoms with Crippen molar-refractivity contribution in [3.63, 3.8) is 0 Å². The Labute approximate surface area is 97.8 Å². The first kappa shape index (κ1) is 11.3. The highest BCUT2D eigenvalue weighted by molar-refractivity contribution is 5.94. The first-order chi connectivity index (χ1) is 8.15. The minimum Gasteiger partial charge on any atom is -0.465 e. The van der Waals surface area contributed by atoms with E-state index >= 15 is 0 Å². The highest BCUT2D eigenvalue weighted by Gasteiger charge is 2.08. The number of rotatable bonds is 2. The van der Waals surface area contributed by atoms with Gasteiger partial charge in [-0.05, 0) is 24.3 Å². The molecule has 17 heavy (non-hydrogen) atoms. The third-order valence-corrected chi connectivity index (χ3v) is 2.52. The molecule has 5 heteroatoms. The van der Waals surface area contributed by atoms with Crippen LogP contribution in [0.1, 0.15) is 15.9 Å². The first-order valence-corrected chi connectivity index (χ1v) is 5.04. The van der Waals surface area contributed by atoms with Crippen LogP contribution < -0.4 is 5.73 Å². The molecule has 0 amide bonds. The average Bonchev–Trinajstić information content (AvgIpc) is 2.36. The Morgan fingerprint density at radius 3 is 2.88 bits per heavy atom. The zero-order valence-corrected chi connectivity index (χ0v) is 9.30. The van der Waals surface area contributed by atoms with Gasteiger partial charge in [-0.2, -0.15) is 0 Å². The SMILES string of the molecule is COC(=O)c1ccc2nc(N)c(CO)cc2c1. The molecule has 0 bridgehead atoms. The summed E-state index contributed by atoms with van der Waals surface area (Å²) in [5.41, 5.74) is 7.31. The number of benzene rings is 1. The molecule has 3 N–H and O–H groups in total. The number of pyridine rings is 1. The number of nitrogens with two attached hydrogens (primary N) is 1. The molecule has 0 aliphatic rings. The fourth-order valence-electron chi connectivity index (χ4n) is 1.61. The Balaban J connectivity index is 2.60. The second kappa shape index (κ2) is 4.39. The summed E-state index contributed by atoms with van der Waals surface area (Å²) >= 11 is 0. The lowest BCUT2D eigenvalue weighted by atomic mass is 10.1. The second-order valence-corrected chi connectivity index (χ2v) is 3.59. The zero-order valence-electron chi connectivity index (χ0n) is 9.30. The molecule has 0 fully saturated rings. The summed E-state index contributed by atoms with van der Waals surface area (Å²) in [7, 11) is 1.33. The molecule has 2 aromatic rings. The molecular weight excluding hydrogens is 220 g/mol. The largest absolute Gasteiger partial charge is 0.465 e. The summed E-state index contributed by atoms with van der Waals surface area (Å²) < 4.78 is 4.63. The van der Waals surface area contributed by atoms with Gasteiger partial charge in [-0.15, -0.1) is 0 Å². The molecule has 5 nitrogen and oxygen atoms in total. The molecule has 0 aliphatic heterocycles. The van der Waals surface area contributed by atoms with Crippen LogP contribution in [0.15, 0.2) is 24.3 Å². The number of fused-ring (bicyclic) bond motifs is 1. The van der Waals surface area contributed by atoms with E-state index in [2.05, 4.69) is 9.72 Å². The number of esters is 1. The maximum atomic E-state index is 11.4. The first-order valence-electron chi connectivity index (χ1n) is 5.04.